The summed E-state index contributed by atoms with van der Waals surface area (Å²) in [6, 6.07) is -0.273. The molecule has 0 radical (unpaired) electrons. The van der Waals surface area contributed by atoms with Crippen molar-refractivity contribution >= 4 is 11.8 Å². The monoisotopic (exact) mass is 186 g/mol. The van der Waals surface area contributed by atoms with Gasteiger partial charge in [0.2, 0.25) is 0 Å². The van der Waals surface area contributed by atoms with E-state index in [2.05, 4.69) is 5.32 Å². The van der Waals surface area contributed by atoms with Gasteiger partial charge in [0, 0.05) is 19.5 Å². The van der Waals surface area contributed by atoms with E-state index in [9.17, 15) is 9.59 Å². The summed E-state index contributed by atoms with van der Waals surface area (Å²) >= 11 is 0. The average Bonchev–Trinajstić information content (AvgIpc) is 2.03. The van der Waals surface area contributed by atoms with E-state index < -0.39 is 5.97 Å². The normalized spacial score (nSPS) is 23.5. The summed E-state index contributed by atoms with van der Waals surface area (Å²) < 4.78 is 0. The highest BCUT2D eigenvalue weighted by Crippen LogP contribution is 2.03. The molecule has 0 aromatic rings. The van der Waals surface area contributed by atoms with E-state index >= 15 is 0 Å². The van der Waals surface area contributed by atoms with Crippen molar-refractivity contribution in [3.05, 3.63) is 0 Å². The fraction of sp³-hybridized carbons (Fsp3) is 0.750. The van der Waals surface area contributed by atoms with E-state index in [-0.39, 0.29) is 18.4 Å². The lowest BCUT2D eigenvalue weighted by molar-refractivity contribution is -0.139. The Kier molecular flexibility index (Phi) is 3.39. The molecule has 5 nitrogen and oxygen atoms in total. The maximum absolute atomic E-state index is 11.3. The Bertz CT molecular complexity index is 217. The minimum absolute atomic E-state index is 0.0852. The number of ketones is 1. The smallest absolute Gasteiger partial charge is 0.317 e. The fourth-order valence-electron chi connectivity index (χ4n) is 1.46. The van der Waals surface area contributed by atoms with Gasteiger partial charge in [-0.25, -0.2) is 0 Å². The lowest BCUT2D eigenvalue weighted by Gasteiger charge is -2.28. The number of carboxylic acid groups (broad SMARTS) is 1. The second-order valence-electron chi connectivity index (χ2n) is 3.25. The van der Waals surface area contributed by atoms with E-state index in [4.69, 9.17) is 5.11 Å². The number of Topliss-reactive ketones (excluding diaryl/α,β-unsaturated/α-hetero) is 1. The summed E-state index contributed by atoms with van der Waals surface area (Å²) in [5, 5.41) is 11.6. The van der Waals surface area contributed by atoms with Gasteiger partial charge >= 0.3 is 5.97 Å². The molecule has 0 saturated carbocycles. The third-order valence-electron chi connectivity index (χ3n) is 2.17. The Labute approximate surface area is 76.7 Å². The first-order chi connectivity index (χ1) is 6.11. The molecule has 0 bridgehead atoms. The topological polar surface area (TPSA) is 69.6 Å². The van der Waals surface area contributed by atoms with Crippen LogP contribution in [-0.2, 0) is 9.59 Å². The first-order valence-corrected chi connectivity index (χ1v) is 4.26. The summed E-state index contributed by atoms with van der Waals surface area (Å²) in [7, 11) is 1.66. The zero-order valence-corrected chi connectivity index (χ0v) is 7.62. The van der Waals surface area contributed by atoms with Gasteiger partial charge < -0.3 is 10.4 Å². The van der Waals surface area contributed by atoms with Crippen molar-refractivity contribution < 1.29 is 14.7 Å². The van der Waals surface area contributed by atoms with Gasteiger partial charge in [0.25, 0.3) is 0 Å². The third kappa shape index (κ3) is 2.78. The van der Waals surface area contributed by atoms with E-state index in [0.29, 0.717) is 19.5 Å². The summed E-state index contributed by atoms with van der Waals surface area (Å²) in [5.74, 6) is -0.775. The van der Waals surface area contributed by atoms with Crippen LogP contribution in [0, 0.1) is 0 Å². The minimum atomic E-state index is -0.902. The lowest BCUT2D eigenvalue weighted by atomic mass is 10.1. The highest BCUT2D eigenvalue weighted by Gasteiger charge is 2.26. The van der Waals surface area contributed by atoms with Crippen LogP contribution in [0.5, 0.6) is 0 Å². The molecular weight excluding hydrogens is 172 g/mol. The molecular formula is C8H14N2O3. The van der Waals surface area contributed by atoms with Crippen molar-refractivity contribution in [2.24, 2.45) is 0 Å². The van der Waals surface area contributed by atoms with Crippen LogP contribution in [0.4, 0.5) is 0 Å². The fourth-order valence-corrected chi connectivity index (χ4v) is 1.46. The Morgan fingerprint density at radius 2 is 2.46 bits per heavy atom. The second kappa shape index (κ2) is 4.34. The quantitative estimate of drug-likeness (QED) is 0.587. The maximum Gasteiger partial charge on any atom is 0.317 e. The van der Waals surface area contributed by atoms with Gasteiger partial charge in [0.1, 0.15) is 0 Å². The van der Waals surface area contributed by atoms with Gasteiger partial charge in [-0.3, -0.25) is 14.5 Å². The summed E-state index contributed by atoms with van der Waals surface area (Å²) in [6.07, 6.45) is 0.495. The third-order valence-corrected chi connectivity index (χ3v) is 2.17. The molecule has 2 N–H and O–H groups in total. The van der Waals surface area contributed by atoms with Crippen molar-refractivity contribution in [1.29, 1.82) is 0 Å². The number of piperidine rings is 1. The standard InChI is InChI=1S/C8H14N2O3/c1-10(5-8(12)13)6-4-9-3-2-7(6)11/h6,9H,2-5H2,1H3,(H,12,13). The van der Waals surface area contributed by atoms with Gasteiger partial charge in [0.05, 0.1) is 12.6 Å². The van der Waals surface area contributed by atoms with E-state index in [1.807, 2.05) is 0 Å². The van der Waals surface area contributed by atoms with Gasteiger partial charge in [-0.05, 0) is 7.05 Å². The number of aliphatic carboxylic acids is 1. The second-order valence-corrected chi connectivity index (χ2v) is 3.25. The van der Waals surface area contributed by atoms with Crippen LogP contribution in [0.1, 0.15) is 6.42 Å². The highest BCUT2D eigenvalue weighted by atomic mass is 16.4. The highest BCUT2D eigenvalue weighted by molar-refractivity contribution is 5.85. The Hall–Kier alpha value is -0.940. The van der Waals surface area contributed by atoms with Crippen LogP contribution in [0.15, 0.2) is 0 Å². The molecule has 1 aliphatic heterocycles. The van der Waals surface area contributed by atoms with Crippen LogP contribution >= 0.6 is 0 Å². The first-order valence-electron chi connectivity index (χ1n) is 4.26. The molecule has 0 aromatic heterocycles. The van der Waals surface area contributed by atoms with Crippen molar-refractivity contribution in [1.82, 2.24) is 10.2 Å². The molecule has 0 aromatic carbocycles. The van der Waals surface area contributed by atoms with Gasteiger partial charge in [-0.1, -0.05) is 0 Å². The van der Waals surface area contributed by atoms with Crippen molar-refractivity contribution in [2.45, 2.75) is 12.5 Å². The van der Waals surface area contributed by atoms with Gasteiger partial charge in [-0.2, -0.15) is 0 Å². The average molecular weight is 186 g/mol. The molecule has 1 rings (SSSR count). The predicted octanol–water partition coefficient (Wildman–Crippen LogP) is -1.07. The number of likely N-dealkylation sites (N-methyl/N-ethyl adjacent to an activating group) is 1. The largest absolute Gasteiger partial charge is 0.480 e. The first kappa shape index (κ1) is 10.1. The molecule has 1 heterocycles. The van der Waals surface area contributed by atoms with Gasteiger partial charge in [-0.15, -0.1) is 0 Å². The molecule has 5 heteroatoms. The van der Waals surface area contributed by atoms with Crippen LogP contribution in [0.2, 0.25) is 0 Å². The molecule has 1 unspecified atom stereocenters. The predicted molar refractivity (Wildman–Crippen MR) is 46.5 cm³/mol. The molecule has 1 fully saturated rings. The van der Waals surface area contributed by atoms with E-state index in [1.54, 1.807) is 11.9 Å². The van der Waals surface area contributed by atoms with Crippen LogP contribution in [0.3, 0.4) is 0 Å². The molecule has 1 aliphatic rings. The summed E-state index contributed by atoms with van der Waals surface area (Å²) in [6.45, 7) is 1.18. The SMILES string of the molecule is CN(CC(=O)O)C1CNCCC1=O. The molecule has 0 aliphatic carbocycles. The number of hydrogen-bond donors (Lipinski definition) is 2. The number of rotatable bonds is 3. The molecule has 0 spiro atoms. The number of nitrogens with zero attached hydrogens (tertiary/aromatic N) is 1. The Balaban J connectivity index is 2.48. The molecule has 74 valence electrons. The van der Waals surface area contributed by atoms with Crippen molar-refractivity contribution in [3.8, 4) is 0 Å². The van der Waals surface area contributed by atoms with Crippen molar-refractivity contribution in [2.75, 3.05) is 26.7 Å². The van der Waals surface area contributed by atoms with E-state index in [1.165, 1.54) is 0 Å². The zero-order chi connectivity index (χ0) is 9.84. The minimum Gasteiger partial charge on any atom is -0.480 e. The maximum atomic E-state index is 11.3. The van der Waals surface area contributed by atoms with E-state index in [0.717, 1.165) is 0 Å². The Morgan fingerprint density at radius 3 is 3.00 bits per heavy atom. The van der Waals surface area contributed by atoms with Crippen LogP contribution < -0.4 is 5.32 Å². The molecule has 1 saturated heterocycles. The number of carbonyl (C=O) groups is 2. The Morgan fingerprint density at radius 1 is 1.77 bits per heavy atom. The number of carbonyl (C=O) groups excluding carboxylic acids is 1. The lowest BCUT2D eigenvalue weighted by Crippen LogP contribution is -2.51. The molecule has 13 heavy (non-hydrogen) atoms. The number of carboxylic acids is 1. The summed E-state index contributed by atoms with van der Waals surface area (Å²) in [4.78, 5) is 23.3. The molecule has 1 atom stereocenters. The van der Waals surface area contributed by atoms with Gasteiger partial charge in [0.15, 0.2) is 5.78 Å². The number of nitrogens with one attached hydrogen (secondary N) is 1. The molecule has 0 amide bonds. The van der Waals surface area contributed by atoms with Crippen LogP contribution in [0.25, 0.3) is 0 Å². The number of hydrogen-bond acceptors (Lipinski definition) is 4. The zero-order valence-electron chi connectivity index (χ0n) is 7.62. The van der Waals surface area contributed by atoms with Crippen molar-refractivity contribution in [3.63, 3.8) is 0 Å². The summed E-state index contributed by atoms with van der Waals surface area (Å²) in [5.41, 5.74) is 0. The van der Waals surface area contributed by atoms with Crippen LogP contribution in [-0.4, -0.2) is 54.5 Å².